The molecule has 2 rings (SSSR count). The van der Waals surface area contributed by atoms with E-state index in [1.807, 2.05) is 30.3 Å². The molecule has 0 spiro atoms. The van der Waals surface area contributed by atoms with Gasteiger partial charge in [-0.1, -0.05) is 35.5 Å². The zero-order valence-corrected chi connectivity index (χ0v) is 8.49. The number of halogens is 1. The SMILES string of the molecule is O=[C]c1noc(Cl)c1Cc1ccccc1. The summed E-state index contributed by atoms with van der Waals surface area (Å²) in [6, 6.07) is 9.64. The van der Waals surface area contributed by atoms with Crippen LogP contribution in [-0.2, 0) is 11.2 Å². The van der Waals surface area contributed by atoms with E-state index >= 15 is 0 Å². The molecule has 4 heteroatoms. The van der Waals surface area contributed by atoms with Crippen molar-refractivity contribution >= 4 is 17.9 Å². The number of carbonyl (C=O) groups excluding carboxylic acids is 1. The lowest BCUT2D eigenvalue weighted by molar-refractivity contribution is 0.418. The molecule has 0 saturated heterocycles. The number of hydrogen-bond donors (Lipinski definition) is 0. The third kappa shape index (κ3) is 2.07. The zero-order chi connectivity index (χ0) is 10.7. The summed E-state index contributed by atoms with van der Waals surface area (Å²) < 4.78 is 4.71. The first kappa shape index (κ1) is 9.93. The second-order valence-corrected chi connectivity index (χ2v) is 3.39. The van der Waals surface area contributed by atoms with Crippen molar-refractivity contribution in [2.24, 2.45) is 0 Å². The van der Waals surface area contributed by atoms with Gasteiger partial charge in [-0.15, -0.1) is 0 Å². The van der Waals surface area contributed by atoms with Crippen LogP contribution in [-0.4, -0.2) is 11.4 Å². The van der Waals surface area contributed by atoms with E-state index in [0.29, 0.717) is 12.0 Å². The Morgan fingerprint density at radius 1 is 1.33 bits per heavy atom. The molecule has 0 aliphatic carbocycles. The number of nitrogens with zero attached hydrogens (tertiary/aromatic N) is 1. The lowest BCUT2D eigenvalue weighted by Gasteiger charge is -1.97. The Kier molecular flexibility index (Phi) is 2.83. The first-order valence-electron chi connectivity index (χ1n) is 4.37. The van der Waals surface area contributed by atoms with Crippen LogP contribution in [0.1, 0.15) is 16.8 Å². The quantitative estimate of drug-likeness (QED) is 0.798. The Morgan fingerprint density at radius 2 is 2.07 bits per heavy atom. The Balaban J connectivity index is 2.31. The van der Waals surface area contributed by atoms with Crippen molar-refractivity contribution in [2.45, 2.75) is 6.42 Å². The molecule has 0 amide bonds. The van der Waals surface area contributed by atoms with Crippen LogP contribution in [0.4, 0.5) is 0 Å². The van der Waals surface area contributed by atoms with E-state index in [1.54, 1.807) is 6.29 Å². The molecular weight excluding hydrogens is 214 g/mol. The Labute approximate surface area is 91.6 Å². The van der Waals surface area contributed by atoms with E-state index in [-0.39, 0.29) is 10.9 Å². The summed E-state index contributed by atoms with van der Waals surface area (Å²) in [5, 5.41) is 3.65. The molecule has 1 aromatic carbocycles. The molecule has 1 heterocycles. The van der Waals surface area contributed by atoms with Crippen LogP contribution in [0.3, 0.4) is 0 Å². The monoisotopic (exact) mass is 220 g/mol. The largest absolute Gasteiger partial charge is 0.343 e. The summed E-state index contributed by atoms with van der Waals surface area (Å²) in [6.07, 6.45) is 2.22. The van der Waals surface area contributed by atoms with Gasteiger partial charge in [-0.25, -0.2) is 0 Å². The standard InChI is InChI=1S/C11H7ClNO2/c12-11-9(10(7-14)13-15-11)6-8-4-2-1-3-5-8/h1-5H,6H2. The summed E-state index contributed by atoms with van der Waals surface area (Å²) in [6.45, 7) is 0. The van der Waals surface area contributed by atoms with Gasteiger partial charge in [-0.05, 0) is 17.2 Å². The van der Waals surface area contributed by atoms with E-state index in [9.17, 15) is 4.79 Å². The first-order chi connectivity index (χ1) is 7.31. The van der Waals surface area contributed by atoms with Gasteiger partial charge in [-0.3, -0.25) is 4.79 Å². The summed E-state index contributed by atoms with van der Waals surface area (Å²) in [5.41, 5.74) is 1.76. The Bertz CT molecular complexity index is 465. The number of benzene rings is 1. The highest BCUT2D eigenvalue weighted by molar-refractivity contribution is 6.29. The van der Waals surface area contributed by atoms with Crippen LogP contribution in [0.5, 0.6) is 0 Å². The lowest BCUT2D eigenvalue weighted by atomic mass is 10.1. The summed E-state index contributed by atoms with van der Waals surface area (Å²) >= 11 is 5.77. The van der Waals surface area contributed by atoms with Crippen molar-refractivity contribution in [3.8, 4) is 0 Å². The average molecular weight is 221 g/mol. The predicted octanol–water partition coefficient (Wildman–Crippen LogP) is 2.38. The molecule has 15 heavy (non-hydrogen) atoms. The second kappa shape index (κ2) is 4.28. The van der Waals surface area contributed by atoms with Gasteiger partial charge in [0.15, 0.2) is 5.69 Å². The van der Waals surface area contributed by atoms with E-state index in [0.717, 1.165) is 5.56 Å². The molecular formula is C11H7ClNO2. The third-order valence-electron chi connectivity index (χ3n) is 2.06. The molecule has 0 N–H and O–H groups in total. The number of rotatable bonds is 3. The molecule has 0 fully saturated rings. The van der Waals surface area contributed by atoms with Crippen LogP contribution in [0.2, 0.25) is 5.22 Å². The molecule has 1 radical (unpaired) electrons. The van der Waals surface area contributed by atoms with Crippen LogP contribution in [0, 0.1) is 0 Å². The van der Waals surface area contributed by atoms with Gasteiger partial charge in [0.2, 0.25) is 5.22 Å². The Morgan fingerprint density at radius 3 is 2.73 bits per heavy atom. The second-order valence-electron chi connectivity index (χ2n) is 3.05. The summed E-state index contributed by atoms with van der Waals surface area (Å²) in [4.78, 5) is 10.5. The maximum atomic E-state index is 10.5. The number of aromatic nitrogens is 1. The van der Waals surface area contributed by atoms with Crippen LogP contribution in [0.25, 0.3) is 0 Å². The lowest BCUT2D eigenvalue weighted by Crippen LogP contribution is -1.92. The molecule has 2 aromatic rings. The Hall–Kier alpha value is -1.61. The van der Waals surface area contributed by atoms with Gasteiger partial charge in [-0.2, -0.15) is 0 Å². The van der Waals surface area contributed by atoms with Gasteiger partial charge >= 0.3 is 0 Å². The van der Waals surface area contributed by atoms with E-state index < -0.39 is 0 Å². The van der Waals surface area contributed by atoms with E-state index in [4.69, 9.17) is 16.1 Å². The summed E-state index contributed by atoms with van der Waals surface area (Å²) in [7, 11) is 0. The fourth-order valence-electron chi connectivity index (χ4n) is 1.32. The van der Waals surface area contributed by atoms with Crippen LogP contribution in [0.15, 0.2) is 34.9 Å². The van der Waals surface area contributed by atoms with Gasteiger partial charge in [0, 0.05) is 12.0 Å². The minimum Gasteiger partial charge on any atom is -0.343 e. The van der Waals surface area contributed by atoms with Crippen LogP contribution >= 0.6 is 11.6 Å². The maximum Gasteiger partial charge on any atom is 0.257 e. The average Bonchev–Trinajstić information content (AvgIpc) is 2.62. The molecule has 0 unspecified atom stereocenters. The molecule has 3 nitrogen and oxygen atoms in total. The van der Waals surface area contributed by atoms with Crippen LogP contribution < -0.4 is 0 Å². The first-order valence-corrected chi connectivity index (χ1v) is 4.75. The highest BCUT2D eigenvalue weighted by Gasteiger charge is 2.14. The molecule has 0 aliphatic heterocycles. The molecule has 0 atom stereocenters. The van der Waals surface area contributed by atoms with Gasteiger partial charge < -0.3 is 4.52 Å². The normalized spacial score (nSPS) is 10.2. The highest BCUT2D eigenvalue weighted by Crippen LogP contribution is 2.21. The van der Waals surface area contributed by atoms with E-state index in [1.165, 1.54) is 0 Å². The smallest absolute Gasteiger partial charge is 0.257 e. The molecule has 0 saturated carbocycles. The fraction of sp³-hybridized carbons (Fsp3) is 0.0909. The van der Waals surface area contributed by atoms with Crippen molar-refractivity contribution in [3.05, 3.63) is 52.4 Å². The molecule has 75 valence electrons. The van der Waals surface area contributed by atoms with Crippen molar-refractivity contribution in [3.63, 3.8) is 0 Å². The third-order valence-corrected chi connectivity index (χ3v) is 2.36. The van der Waals surface area contributed by atoms with Crippen molar-refractivity contribution in [2.75, 3.05) is 0 Å². The maximum absolute atomic E-state index is 10.5. The highest BCUT2D eigenvalue weighted by atomic mass is 35.5. The van der Waals surface area contributed by atoms with Gasteiger partial charge in [0.1, 0.15) is 0 Å². The minimum absolute atomic E-state index is 0.142. The summed E-state index contributed by atoms with van der Waals surface area (Å²) in [5.74, 6) is 0. The fourth-order valence-corrected chi connectivity index (χ4v) is 1.51. The van der Waals surface area contributed by atoms with Gasteiger partial charge in [0.05, 0.1) is 0 Å². The topological polar surface area (TPSA) is 43.1 Å². The van der Waals surface area contributed by atoms with Crippen molar-refractivity contribution in [1.29, 1.82) is 0 Å². The molecule has 0 bridgehead atoms. The van der Waals surface area contributed by atoms with Crippen molar-refractivity contribution in [1.82, 2.24) is 5.16 Å². The minimum atomic E-state index is 0.142. The van der Waals surface area contributed by atoms with Gasteiger partial charge in [0.25, 0.3) is 6.29 Å². The number of hydrogen-bond acceptors (Lipinski definition) is 3. The van der Waals surface area contributed by atoms with E-state index in [2.05, 4.69) is 5.16 Å². The van der Waals surface area contributed by atoms with Crippen molar-refractivity contribution < 1.29 is 9.32 Å². The predicted molar refractivity (Wildman–Crippen MR) is 55.6 cm³/mol. The molecule has 0 aliphatic rings. The molecule has 1 aromatic heterocycles. The zero-order valence-electron chi connectivity index (χ0n) is 7.74.